The second-order valence-electron chi connectivity index (χ2n) is 8.17. The number of nitrogens with one attached hydrogen (secondary N) is 1. The maximum atomic E-state index is 13.1. The van der Waals surface area contributed by atoms with E-state index in [1.165, 1.54) is 6.92 Å². The standard InChI is InChI=1S/C20H25N3O4/c1-12(24)21-14-7-9-15(10-8-14)22-17(25)11-16(19(22)27)23(20(2,3)4)18(26)13-5-6-13/h7-10,13,16H,5-6,11H2,1-4H3,(H,21,24). The Morgan fingerprint density at radius 1 is 1.11 bits per heavy atom. The van der Waals surface area contributed by atoms with Gasteiger partial charge < -0.3 is 10.2 Å². The molecule has 1 aromatic rings. The highest BCUT2D eigenvalue weighted by Crippen LogP contribution is 2.37. The number of amides is 4. The Labute approximate surface area is 158 Å². The van der Waals surface area contributed by atoms with Gasteiger partial charge in [-0.15, -0.1) is 0 Å². The molecule has 1 aromatic carbocycles. The van der Waals surface area contributed by atoms with Gasteiger partial charge in [0.05, 0.1) is 12.1 Å². The zero-order valence-corrected chi connectivity index (χ0v) is 16.1. The summed E-state index contributed by atoms with van der Waals surface area (Å²) in [6, 6.07) is 5.74. The molecule has 144 valence electrons. The highest BCUT2D eigenvalue weighted by Gasteiger charge is 2.49. The van der Waals surface area contributed by atoms with Crippen molar-refractivity contribution in [2.75, 3.05) is 10.2 Å². The summed E-state index contributed by atoms with van der Waals surface area (Å²) in [7, 11) is 0. The second-order valence-corrected chi connectivity index (χ2v) is 8.17. The number of carbonyl (C=O) groups is 4. The highest BCUT2D eigenvalue weighted by molar-refractivity contribution is 6.23. The number of hydrogen-bond acceptors (Lipinski definition) is 4. The van der Waals surface area contributed by atoms with Gasteiger partial charge in [-0.2, -0.15) is 0 Å². The van der Waals surface area contributed by atoms with E-state index >= 15 is 0 Å². The van der Waals surface area contributed by atoms with E-state index in [-0.39, 0.29) is 36.0 Å². The molecular formula is C20H25N3O4. The van der Waals surface area contributed by atoms with Crippen molar-refractivity contribution in [3.8, 4) is 0 Å². The normalized spacial score (nSPS) is 20.0. The third kappa shape index (κ3) is 3.86. The average Bonchev–Trinajstić information content (AvgIpc) is 3.35. The van der Waals surface area contributed by atoms with E-state index in [9.17, 15) is 19.2 Å². The zero-order valence-electron chi connectivity index (χ0n) is 16.1. The van der Waals surface area contributed by atoms with Crippen LogP contribution in [0.2, 0.25) is 0 Å². The van der Waals surface area contributed by atoms with Crippen LogP contribution >= 0.6 is 0 Å². The molecule has 1 aliphatic heterocycles. The van der Waals surface area contributed by atoms with Gasteiger partial charge in [0, 0.05) is 24.1 Å². The predicted octanol–water partition coefficient (Wildman–Crippen LogP) is 2.31. The smallest absolute Gasteiger partial charge is 0.257 e. The minimum absolute atomic E-state index is 0.0119. The monoisotopic (exact) mass is 371 g/mol. The third-order valence-corrected chi connectivity index (χ3v) is 4.77. The summed E-state index contributed by atoms with van der Waals surface area (Å²) in [5.41, 5.74) is 0.474. The number of rotatable bonds is 4. The Morgan fingerprint density at radius 2 is 1.70 bits per heavy atom. The fraction of sp³-hybridized carbons (Fsp3) is 0.500. The number of hydrogen-bond donors (Lipinski definition) is 1. The van der Waals surface area contributed by atoms with E-state index in [1.54, 1.807) is 29.2 Å². The lowest BCUT2D eigenvalue weighted by Crippen LogP contribution is -2.55. The highest BCUT2D eigenvalue weighted by atomic mass is 16.2. The van der Waals surface area contributed by atoms with Crippen LogP contribution in [-0.4, -0.2) is 40.1 Å². The minimum Gasteiger partial charge on any atom is -0.326 e. The van der Waals surface area contributed by atoms with Crippen molar-refractivity contribution in [1.29, 1.82) is 0 Å². The van der Waals surface area contributed by atoms with E-state index in [0.717, 1.165) is 17.7 Å². The lowest BCUT2D eigenvalue weighted by Gasteiger charge is -2.39. The maximum Gasteiger partial charge on any atom is 0.257 e. The summed E-state index contributed by atoms with van der Waals surface area (Å²) in [5, 5.41) is 2.65. The quantitative estimate of drug-likeness (QED) is 0.823. The van der Waals surface area contributed by atoms with Crippen LogP contribution in [-0.2, 0) is 19.2 Å². The van der Waals surface area contributed by atoms with Gasteiger partial charge in [-0.1, -0.05) is 0 Å². The molecule has 1 heterocycles. The van der Waals surface area contributed by atoms with Crippen LogP contribution in [0.4, 0.5) is 11.4 Å². The fourth-order valence-electron chi connectivity index (χ4n) is 3.46. The number of carbonyl (C=O) groups excluding carboxylic acids is 4. The summed E-state index contributed by atoms with van der Waals surface area (Å²) < 4.78 is 0. The summed E-state index contributed by atoms with van der Waals surface area (Å²) in [6.07, 6.45) is 1.67. The van der Waals surface area contributed by atoms with Crippen molar-refractivity contribution in [2.45, 2.75) is 58.5 Å². The first-order chi connectivity index (χ1) is 12.6. The van der Waals surface area contributed by atoms with E-state index in [1.807, 2.05) is 20.8 Å². The molecule has 2 aliphatic rings. The van der Waals surface area contributed by atoms with Gasteiger partial charge in [-0.25, -0.2) is 4.90 Å². The van der Waals surface area contributed by atoms with E-state index in [4.69, 9.17) is 0 Å². The Kier molecular flexibility index (Phi) is 4.80. The summed E-state index contributed by atoms with van der Waals surface area (Å²) in [6.45, 7) is 7.06. The third-order valence-electron chi connectivity index (χ3n) is 4.77. The molecule has 0 bridgehead atoms. The van der Waals surface area contributed by atoms with Crippen LogP contribution in [0.1, 0.15) is 47.0 Å². The van der Waals surface area contributed by atoms with Crippen molar-refractivity contribution < 1.29 is 19.2 Å². The van der Waals surface area contributed by atoms with Crippen LogP contribution in [0.3, 0.4) is 0 Å². The molecule has 0 radical (unpaired) electrons. The van der Waals surface area contributed by atoms with Crippen LogP contribution in [0, 0.1) is 5.92 Å². The van der Waals surface area contributed by atoms with Crippen LogP contribution < -0.4 is 10.2 Å². The molecule has 1 atom stereocenters. The zero-order chi connectivity index (χ0) is 19.9. The lowest BCUT2D eigenvalue weighted by molar-refractivity contribution is -0.145. The molecule has 4 amide bonds. The summed E-state index contributed by atoms with van der Waals surface area (Å²) >= 11 is 0. The van der Waals surface area contributed by atoms with Crippen LogP contribution in [0.25, 0.3) is 0 Å². The molecule has 1 N–H and O–H groups in total. The molecule has 0 aromatic heterocycles. The van der Waals surface area contributed by atoms with E-state index in [2.05, 4.69) is 5.32 Å². The number of benzene rings is 1. The van der Waals surface area contributed by atoms with E-state index in [0.29, 0.717) is 11.4 Å². The molecule has 1 unspecified atom stereocenters. The molecule has 1 aliphatic carbocycles. The number of anilines is 2. The SMILES string of the molecule is CC(=O)Nc1ccc(N2C(=O)CC(N(C(=O)C3CC3)C(C)(C)C)C2=O)cc1. The predicted molar refractivity (Wildman–Crippen MR) is 101 cm³/mol. The molecule has 1 saturated carbocycles. The molecular weight excluding hydrogens is 346 g/mol. The lowest BCUT2D eigenvalue weighted by atomic mass is 10.0. The molecule has 0 spiro atoms. The molecule has 2 fully saturated rings. The van der Waals surface area contributed by atoms with Gasteiger partial charge in [-0.3, -0.25) is 19.2 Å². The van der Waals surface area contributed by atoms with Crippen molar-refractivity contribution in [3.63, 3.8) is 0 Å². The first-order valence-electron chi connectivity index (χ1n) is 9.17. The number of imide groups is 1. The van der Waals surface area contributed by atoms with Gasteiger partial charge in [0.2, 0.25) is 17.7 Å². The molecule has 27 heavy (non-hydrogen) atoms. The van der Waals surface area contributed by atoms with Crippen LogP contribution in [0.15, 0.2) is 24.3 Å². The van der Waals surface area contributed by atoms with E-state index < -0.39 is 11.6 Å². The topological polar surface area (TPSA) is 86.8 Å². The van der Waals surface area contributed by atoms with Gasteiger partial charge in [0.1, 0.15) is 6.04 Å². The Hall–Kier alpha value is -2.70. The first-order valence-corrected chi connectivity index (χ1v) is 9.17. The summed E-state index contributed by atoms with van der Waals surface area (Å²) in [4.78, 5) is 52.3. The summed E-state index contributed by atoms with van der Waals surface area (Å²) in [5.74, 6) is -0.975. The molecule has 7 heteroatoms. The maximum absolute atomic E-state index is 13.1. The Balaban J connectivity index is 1.85. The molecule has 1 saturated heterocycles. The van der Waals surface area contributed by atoms with Crippen molar-refractivity contribution in [2.24, 2.45) is 5.92 Å². The van der Waals surface area contributed by atoms with Gasteiger partial charge >= 0.3 is 0 Å². The van der Waals surface area contributed by atoms with Gasteiger partial charge in [0.15, 0.2) is 0 Å². The largest absolute Gasteiger partial charge is 0.326 e. The van der Waals surface area contributed by atoms with Crippen molar-refractivity contribution in [3.05, 3.63) is 24.3 Å². The Bertz CT molecular complexity index is 790. The Morgan fingerprint density at radius 3 is 2.19 bits per heavy atom. The fourth-order valence-corrected chi connectivity index (χ4v) is 3.46. The van der Waals surface area contributed by atoms with Crippen molar-refractivity contribution >= 4 is 35.0 Å². The molecule has 7 nitrogen and oxygen atoms in total. The van der Waals surface area contributed by atoms with Crippen molar-refractivity contribution in [1.82, 2.24) is 4.90 Å². The minimum atomic E-state index is -0.777. The number of nitrogens with zero attached hydrogens (tertiary/aromatic N) is 2. The average molecular weight is 371 g/mol. The second kappa shape index (κ2) is 6.79. The van der Waals surface area contributed by atoms with Gasteiger partial charge in [-0.05, 0) is 57.9 Å². The van der Waals surface area contributed by atoms with Crippen LogP contribution in [0.5, 0.6) is 0 Å². The van der Waals surface area contributed by atoms with Gasteiger partial charge in [0.25, 0.3) is 5.91 Å². The first kappa shape index (κ1) is 19.1. The molecule has 3 rings (SSSR count).